The highest BCUT2D eigenvalue weighted by atomic mass is 19.1. The Kier molecular flexibility index (Phi) is 4.18. The summed E-state index contributed by atoms with van der Waals surface area (Å²) in [6, 6.07) is 9.99. The van der Waals surface area contributed by atoms with Gasteiger partial charge in [-0.05, 0) is 35.9 Å². The molecule has 0 saturated carbocycles. The van der Waals surface area contributed by atoms with Crippen molar-refractivity contribution in [2.75, 3.05) is 5.73 Å². The zero-order valence-electron chi connectivity index (χ0n) is 11.0. The van der Waals surface area contributed by atoms with Crippen LogP contribution < -0.4 is 11.5 Å². The minimum absolute atomic E-state index is 0.0400. The molecule has 21 heavy (non-hydrogen) atoms. The van der Waals surface area contributed by atoms with E-state index in [1.807, 2.05) is 0 Å². The molecule has 0 heterocycles. The standard InChI is InChI=1S/C15H13FN2O3/c16-13-7-11(17)5-6-12(13)15(20)21-8-9-1-3-10(4-2-9)14(18)19/h1-7H,8,17H2,(H2,18,19). The van der Waals surface area contributed by atoms with Crippen molar-refractivity contribution >= 4 is 17.6 Å². The molecule has 0 bridgehead atoms. The van der Waals surface area contributed by atoms with Crippen molar-refractivity contribution in [3.8, 4) is 0 Å². The third kappa shape index (κ3) is 3.56. The van der Waals surface area contributed by atoms with Crippen molar-refractivity contribution in [2.24, 2.45) is 5.73 Å². The number of nitrogens with two attached hydrogens (primary N) is 2. The maximum atomic E-state index is 13.5. The minimum Gasteiger partial charge on any atom is -0.457 e. The van der Waals surface area contributed by atoms with Gasteiger partial charge in [0.15, 0.2) is 0 Å². The summed E-state index contributed by atoms with van der Waals surface area (Å²) in [7, 11) is 0. The Morgan fingerprint density at radius 2 is 1.76 bits per heavy atom. The highest BCUT2D eigenvalue weighted by molar-refractivity contribution is 5.92. The maximum Gasteiger partial charge on any atom is 0.341 e. The Labute approximate surface area is 120 Å². The van der Waals surface area contributed by atoms with Gasteiger partial charge in [0.2, 0.25) is 5.91 Å². The van der Waals surface area contributed by atoms with Crippen molar-refractivity contribution in [3.63, 3.8) is 0 Å². The average Bonchev–Trinajstić information content (AvgIpc) is 2.45. The predicted molar refractivity (Wildman–Crippen MR) is 74.9 cm³/mol. The quantitative estimate of drug-likeness (QED) is 0.663. The van der Waals surface area contributed by atoms with Gasteiger partial charge >= 0.3 is 5.97 Å². The van der Waals surface area contributed by atoms with Gasteiger partial charge in [0.1, 0.15) is 12.4 Å². The van der Waals surface area contributed by atoms with E-state index in [-0.39, 0.29) is 17.9 Å². The molecule has 108 valence electrons. The number of carbonyl (C=O) groups excluding carboxylic acids is 2. The number of esters is 1. The summed E-state index contributed by atoms with van der Waals surface area (Å²) in [6.07, 6.45) is 0. The van der Waals surface area contributed by atoms with Crippen LogP contribution in [0.4, 0.5) is 10.1 Å². The molecule has 5 nitrogen and oxygen atoms in total. The van der Waals surface area contributed by atoms with E-state index in [9.17, 15) is 14.0 Å². The first-order valence-electron chi connectivity index (χ1n) is 6.08. The average molecular weight is 288 g/mol. The lowest BCUT2D eigenvalue weighted by molar-refractivity contribution is 0.0467. The van der Waals surface area contributed by atoms with Crippen molar-refractivity contribution in [1.82, 2.24) is 0 Å². The molecule has 2 rings (SSSR count). The molecular formula is C15H13FN2O3. The molecule has 2 aromatic rings. The van der Waals surface area contributed by atoms with E-state index in [0.717, 1.165) is 6.07 Å². The first-order chi connectivity index (χ1) is 9.97. The van der Waals surface area contributed by atoms with Crippen LogP contribution in [0, 0.1) is 5.82 Å². The summed E-state index contributed by atoms with van der Waals surface area (Å²) in [5.41, 5.74) is 11.6. The van der Waals surface area contributed by atoms with Crippen LogP contribution in [0.15, 0.2) is 42.5 Å². The molecule has 0 aromatic heterocycles. The topological polar surface area (TPSA) is 95.4 Å². The van der Waals surface area contributed by atoms with Crippen LogP contribution in [0.3, 0.4) is 0 Å². The molecule has 0 spiro atoms. The van der Waals surface area contributed by atoms with Gasteiger partial charge in [-0.15, -0.1) is 0 Å². The zero-order valence-corrected chi connectivity index (χ0v) is 11.0. The van der Waals surface area contributed by atoms with Gasteiger partial charge in [-0.2, -0.15) is 0 Å². The van der Waals surface area contributed by atoms with E-state index < -0.39 is 17.7 Å². The van der Waals surface area contributed by atoms with E-state index in [1.54, 1.807) is 12.1 Å². The second-order valence-corrected chi connectivity index (χ2v) is 4.38. The van der Waals surface area contributed by atoms with Crippen LogP contribution in [-0.2, 0) is 11.3 Å². The molecule has 0 aliphatic heterocycles. The Morgan fingerprint density at radius 1 is 1.10 bits per heavy atom. The van der Waals surface area contributed by atoms with E-state index >= 15 is 0 Å². The van der Waals surface area contributed by atoms with Gasteiger partial charge in [0, 0.05) is 11.3 Å². The molecule has 6 heteroatoms. The van der Waals surface area contributed by atoms with Crippen LogP contribution in [0.25, 0.3) is 0 Å². The number of primary amides is 1. The Morgan fingerprint density at radius 3 is 2.33 bits per heavy atom. The van der Waals surface area contributed by atoms with E-state index in [2.05, 4.69) is 0 Å². The normalized spacial score (nSPS) is 10.1. The van der Waals surface area contributed by atoms with Crippen LogP contribution in [-0.4, -0.2) is 11.9 Å². The van der Waals surface area contributed by atoms with Gasteiger partial charge in [-0.3, -0.25) is 4.79 Å². The van der Waals surface area contributed by atoms with E-state index in [1.165, 1.54) is 24.3 Å². The van der Waals surface area contributed by atoms with E-state index in [0.29, 0.717) is 11.1 Å². The zero-order chi connectivity index (χ0) is 15.4. The summed E-state index contributed by atoms with van der Waals surface area (Å²) in [4.78, 5) is 22.7. The molecule has 0 fully saturated rings. The monoisotopic (exact) mass is 288 g/mol. The fraction of sp³-hybridized carbons (Fsp3) is 0.0667. The third-order valence-corrected chi connectivity index (χ3v) is 2.82. The fourth-order valence-corrected chi connectivity index (χ4v) is 1.69. The molecule has 1 amide bonds. The number of nitrogen functional groups attached to an aromatic ring is 1. The molecule has 0 atom stereocenters. The molecular weight excluding hydrogens is 275 g/mol. The first-order valence-corrected chi connectivity index (χ1v) is 6.08. The summed E-state index contributed by atoms with van der Waals surface area (Å²) in [6.45, 7) is -0.0400. The van der Waals surface area contributed by atoms with Gasteiger partial charge in [0.05, 0.1) is 5.56 Å². The smallest absolute Gasteiger partial charge is 0.341 e. The summed E-state index contributed by atoms with van der Waals surface area (Å²) in [5.74, 6) is -2.06. The molecule has 4 N–H and O–H groups in total. The lowest BCUT2D eigenvalue weighted by Crippen LogP contribution is -2.11. The number of hydrogen-bond acceptors (Lipinski definition) is 4. The number of anilines is 1. The van der Waals surface area contributed by atoms with Gasteiger partial charge in [-0.25, -0.2) is 9.18 Å². The van der Waals surface area contributed by atoms with Gasteiger partial charge in [0.25, 0.3) is 0 Å². The van der Waals surface area contributed by atoms with Crippen LogP contribution in [0.5, 0.6) is 0 Å². The number of rotatable bonds is 4. The SMILES string of the molecule is NC(=O)c1ccc(COC(=O)c2ccc(N)cc2F)cc1. The molecule has 0 aliphatic carbocycles. The second-order valence-electron chi connectivity index (χ2n) is 4.38. The van der Waals surface area contributed by atoms with Crippen molar-refractivity contribution in [3.05, 3.63) is 65.0 Å². The summed E-state index contributed by atoms with van der Waals surface area (Å²) >= 11 is 0. The number of halogens is 1. The Bertz CT molecular complexity index is 684. The Balaban J connectivity index is 2.02. The molecule has 0 radical (unpaired) electrons. The van der Waals surface area contributed by atoms with E-state index in [4.69, 9.17) is 16.2 Å². The number of ether oxygens (including phenoxy) is 1. The van der Waals surface area contributed by atoms with Crippen LogP contribution in [0.2, 0.25) is 0 Å². The maximum absolute atomic E-state index is 13.5. The lowest BCUT2D eigenvalue weighted by Gasteiger charge is -2.06. The van der Waals surface area contributed by atoms with Crippen molar-refractivity contribution < 1.29 is 18.7 Å². The highest BCUT2D eigenvalue weighted by Crippen LogP contribution is 2.14. The van der Waals surface area contributed by atoms with Gasteiger partial charge < -0.3 is 16.2 Å². The molecule has 0 unspecified atom stereocenters. The number of benzene rings is 2. The largest absolute Gasteiger partial charge is 0.457 e. The van der Waals surface area contributed by atoms with Crippen LogP contribution >= 0.6 is 0 Å². The molecule has 0 saturated heterocycles. The van der Waals surface area contributed by atoms with Crippen LogP contribution in [0.1, 0.15) is 26.3 Å². The number of hydrogen-bond donors (Lipinski definition) is 2. The summed E-state index contributed by atoms with van der Waals surface area (Å²) < 4.78 is 18.5. The fourth-order valence-electron chi connectivity index (χ4n) is 1.69. The summed E-state index contributed by atoms with van der Waals surface area (Å²) in [5, 5.41) is 0. The first kappa shape index (κ1) is 14.5. The predicted octanol–water partition coefficient (Wildman–Crippen LogP) is 1.86. The highest BCUT2D eigenvalue weighted by Gasteiger charge is 2.13. The second kappa shape index (κ2) is 6.04. The lowest BCUT2D eigenvalue weighted by atomic mass is 10.1. The molecule has 0 aliphatic rings. The van der Waals surface area contributed by atoms with Crippen molar-refractivity contribution in [2.45, 2.75) is 6.61 Å². The Hall–Kier alpha value is -2.89. The third-order valence-electron chi connectivity index (χ3n) is 2.82. The number of carbonyl (C=O) groups is 2. The number of amides is 1. The minimum atomic E-state index is -0.786. The van der Waals surface area contributed by atoms with Gasteiger partial charge in [-0.1, -0.05) is 12.1 Å². The van der Waals surface area contributed by atoms with Crippen molar-refractivity contribution in [1.29, 1.82) is 0 Å². The molecule has 2 aromatic carbocycles.